The SMILES string of the molecule is CC(C)(C)OC(=O)N1CCN(c2ccc(OC3CC(OCC(=O)O)C3)cc2)CC1.Cc1ncsc1-c1ccc(CNC(=O)[C@@H]2C[C@@H](O)CN2C(=O)[C@@H](N)C(C)(C)C)cc1.Cc1ncsc1-c1ccc(CNC(=O)[C@@H]2C[C@@H](O)CN2C(=O)[C@@H](NC(=O)COC2CC(Oc3ccc(N4CCN(C(=O)OC(C)(C)C)CC4)cc3)C2)C(C)(C)C)cc1. The van der Waals surface area contributed by atoms with Crippen molar-refractivity contribution in [1.82, 2.24) is 45.5 Å². The summed E-state index contributed by atoms with van der Waals surface area (Å²) in [5.74, 6) is -1.20. The van der Waals surface area contributed by atoms with Crippen molar-refractivity contribution in [3.8, 4) is 32.4 Å². The molecule has 0 radical (unpaired) electrons. The minimum absolute atomic E-state index is 0.00218. The Morgan fingerprint density at radius 2 is 0.872 bits per heavy atom. The Bertz CT molecular complexity index is 4320. The number of likely N-dealkylation sites (tertiary alicyclic amines) is 2. The molecule has 0 unspecified atom stereocenters. The second kappa shape index (κ2) is 39.4. The van der Waals surface area contributed by atoms with Gasteiger partial charge in [0, 0.05) is 128 Å². The van der Waals surface area contributed by atoms with Crippen LogP contribution in [0.2, 0.25) is 0 Å². The normalized spacial score (nSPS) is 21.3. The Hall–Kier alpha value is -9.50. The number of anilines is 2. The van der Waals surface area contributed by atoms with Crippen LogP contribution in [0.5, 0.6) is 11.5 Å². The third kappa shape index (κ3) is 25.8. The van der Waals surface area contributed by atoms with E-state index < -0.39 is 76.2 Å². The van der Waals surface area contributed by atoms with Gasteiger partial charge in [0.2, 0.25) is 29.5 Å². The first-order chi connectivity index (χ1) is 55.2. The first-order valence-corrected chi connectivity index (χ1v) is 42.0. The van der Waals surface area contributed by atoms with Gasteiger partial charge in [-0.3, -0.25) is 24.0 Å². The number of benzene rings is 4. The first-order valence-electron chi connectivity index (χ1n) is 40.2. The third-order valence-corrected chi connectivity index (χ3v) is 23.0. The van der Waals surface area contributed by atoms with Gasteiger partial charge in [-0.05, 0) is 137 Å². The van der Waals surface area contributed by atoms with Crippen molar-refractivity contribution >= 4 is 81.7 Å². The maximum Gasteiger partial charge on any atom is 0.410 e. The Morgan fingerprint density at radius 3 is 1.21 bits per heavy atom. The number of nitrogens with one attached hydrogen (secondary N) is 3. The van der Waals surface area contributed by atoms with Crippen molar-refractivity contribution in [1.29, 1.82) is 0 Å². The summed E-state index contributed by atoms with van der Waals surface area (Å²) in [7, 11) is 0. The average Bonchev–Trinajstić information content (AvgIpc) is 1.69. The zero-order valence-electron chi connectivity index (χ0n) is 69.8. The number of hydrogen-bond acceptors (Lipinski definition) is 23. The number of nitrogens with two attached hydrogens (primary N) is 1. The number of amides is 7. The molecule has 2 saturated carbocycles. The molecule has 6 fully saturated rings. The standard InChI is InChI=1S/C43H58N6O8S.C22H30N4O3S.C21H30N2O6/c1-27-37(58-26-45-27)29-10-8-28(9-11-29)23-44-39(52)35-20-31(50)24-49(35)40(53)38(42(2,3)4)46-36(51)25-55-33-21-34(22-33)56-32-14-12-30(13-15-32)47-16-18-48(19-17-47)41(54)57-43(5,6)7;1-13-18(30-12-25-13)15-7-5-14(6-8-15)10-24-20(28)17-9-16(27)11-26(17)21(29)19(23)22(2,3)4;1-21(2,3)29-20(26)23-10-8-22(9-11-23)15-4-6-16(7-5-15)28-18-12-17(13-18)27-14-19(24)25/h8-15,26,31,33-35,38,50H,16-25H2,1-7H3,(H,44,52)(H,46,51);5-8,12,16-17,19,27H,9-11,23H2,1-4H3,(H,24,28);4-7,17-18H,8-14H2,1-3H3,(H,24,25)/t31-,33?,34?,35+,38-;16-,17+,19-;/m11./s1. The van der Waals surface area contributed by atoms with Crippen molar-refractivity contribution in [2.75, 3.05) is 88.5 Å². The highest BCUT2D eigenvalue weighted by Crippen LogP contribution is 2.35. The van der Waals surface area contributed by atoms with Gasteiger partial charge in [-0.15, -0.1) is 22.7 Å². The molecule has 4 aliphatic heterocycles. The molecular formula is C86H118N12O17S2. The van der Waals surface area contributed by atoms with Crippen LogP contribution in [0.1, 0.15) is 144 Å². The molecule has 2 aliphatic carbocycles. The van der Waals surface area contributed by atoms with Crippen molar-refractivity contribution in [2.45, 2.75) is 221 Å². The quantitative estimate of drug-likeness (QED) is 0.0314. The van der Waals surface area contributed by atoms with Crippen molar-refractivity contribution in [3.63, 3.8) is 0 Å². The van der Waals surface area contributed by atoms with E-state index in [9.17, 15) is 48.6 Å². The van der Waals surface area contributed by atoms with Gasteiger partial charge in [-0.1, -0.05) is 90.1 Å². The summed E-state index contributed by atoms with van der Waals surface area (Å²) < 4.78 is 34.1. The highest BCUT2D eigenvalue weighted by Gasteiger charge is 2.46. The monoisotopic (exact) mass is 1650 g/mol. The topological polar surface area (TPSA) is 360 Å². The average molecular weight is 1660 g/mol. The van der Waals surface area contributed by atoms with E-state index in [1.54, 1.807) is 32.5 Å². The van der Waals surface area contributed by atoms with Gasteiger partial charge < -0.3 is 94.8 Å². The van der Waals surface area contributed by atoms with Gasteiger partial charge in [-0.2, -0.15) is 0 Å². The maximum atomic E-state index is 14.0. The molecule has 6 aliphatic rings. The molecule has 6 heterocycles. The van der Waals surface area contributed by atoms with Crippen molar-refractivity contribution in [3.05, 3.63) is 131 Å². The molecule has 2 aromatic heterocycles. The van der Waals surface area contributed by atoms with Crippen LogP contribution < -0.4 is 41.0 Å². The molecule has 29 nitrogen and oxygen atoms in total. The molecule has 4 saturated heterocycles. The fourth-order valence-corrected chi connectivity index (χ4v) is 15.8. The number of aryl methyl sites for hydroxylation is 2. The zero-order chi connectivity index (χ0) is 84.8. The number of carboxylic acid groups (broad SMARTS) is 1. The van der Waals surface area contributed by atoms with E-state index in [2.05, 4.69) is 35.7 Å². The van der Waals surface area contributed by atoms with Crippen LogP contribution in [0, 0.1) is 24.7 Å². The lowest BCUT2D eigenvalue weighted by Gasteiger charge is -2.37. The minimum atomic E-state index is -0.947. The summed E-state index contributed by atoms with van der Waals surface area (Å²) in [5, 5.41) is 37.9. The third-order valence-electron chi connectivity index (χ3n) is 21.1. The lowest BCUT2D eigenvalue weighted by molar-refractivity contribution is -0.149. The van der Waals surface area contributed by atoms with Crippen LogP contribution in [0.4, 0.5) is 21.0 Å². The Labute approximate surface area is 694 Å². The number of aliphatic hydroxyl groups excluding tert-OH is 2. The number of carbonyl (C=O) groups excluding carboxylic acids is 7. The molecule has 117 heavy (non-hydrogen) atoms. The van der Waals surface area contributed by atoms with Gasteiger partial charge in [0.05, 0.1) is 62.6 Å². The second-order valence-electron chi connectivity index (χ2n) is 34.9. The van der Waals surface area contributed by atoms with Crippen LogP contribution in [-0.2, 0) is 60.8 Å². The number of nitrogens with zero attached hydrogens (tertiary/aromatic N) is 8. The van der Waals surface area contributed by atoms with Gasteiger partial charge in [0.1, 0.15) is 66.2 Å². The van der Waals surface area contributed by atoms with Gasteiger partial charge in [0.15, 0.2) is 0 Å². The molecule has 7 amide bonds. The largest absolute Gasteiger partial charge is 0.490 e. The van der Waals surface area contributed by atoms with E-state index in [4.69, 9.17) is 39.3 Å². The minimum Gasteiger partial charge on any atom is -0.490 e. The first kappa shape index (κ1) is 89.8. The van der Waals surface area contributed by atoms with E-state index in [0.29, 0.717) is 71.5 Å². The van der Waals surface area contributed by atoms with Crippen LogP contribution in [0.3, 0.4) is 0 Å². The number of thiazole rings is 2. The summed E-state index contributed by atoms with van der Waals surface area (Å²) in [6, 6.07) is 28.5. The smallest absolute Gasteiger partial charge is 0.410 e. The van der Waals surface area contributed by atoms with Gasteiger partial charge >= 0.3 is 18.2 Å². The van der Waals surface area contributed by atoms with Crippen LogP contribution in [0.15, 0.2) is 108 Å². The van der Waals surface area contributed by atoms with Crippen molar-refractivity contribution in [2.24, 2.45) is 16.6 Å². The molecular weight excluding hydrogens is 1540 g/mol. The molecule has 6 atom stereocenters. The molecule has 636 valence electrons. The van der Waals surface area contributed by atoms with E-state index in [1.165, 1.54) is 9.80 Å². The molecule has 0 spiro atoms. The number of carboxylic acids is 1. The van der Waals surface area contributed by atoms with Crippen LogP contribution >= 0.6 is 22.7 Å². The number of aliphatic hydroxyl groups is 2. The number of rotatable bonds is 23. The van der Waals surface area contributed by atoms with Crippen molar-refractivity contribution < 1.29 is 82.1 Å². The summed E-state index contributed by atoms with van der Waals surface area (Å²) in [6.45, 7) is 32.0. The van der Waals surface area contributed by atoms with E-state index in [1.807, 2.05) is 205 Å². The van der Waals surface area contributed by atoms with E-state index in [0.717, 1.165) is 79.4 Å². The highest BCUT2D eigenvalue weighted by molar-refractivity contribution is 7.13. The number of carbonyl (C=O) groups is 8. The summed E-state index contributed by atoms with van der Waals surface area (Å²) in [5.41, 5.74) is 15.8. The second-order valence-corrected chi connectivity index (χ2v) is 36.7. The molecule has 31 heteroatoms. The maximum absolute atomic E-state index is 14.0. The summed E-state index contributed by atoms with van der Waals surface area (Å²) in [4.78, 5) is 123. The lowest BCUT2D eigenvalue weighted by atomic mass is 9.85. The fraction of sp³-hybridized carbons (Fsp3) is 0.558. The van der Waals surface area contributed by atoms with Crippen LogP contribution in [0.25, 0.3) is 20.9 Å². The molecule has 8 N–H and O–H groups in total. The number of aromatic nitrogens is 2. The fourth-order valence-electron chi connectivity index (χ4n) is 14.2. The Kier molecular flexibility index (Phi) is 30.2. The lowest BCUT2D eigenvalue weighted by Crippen LogP contribution is -2.58. The summed E-state index contributed by atoms with van der Waals surface area (Å²) >= 11 is 3.18. The number of ether oxygens (including phenoxy) is 6. The van der Waals surface area contributed by atoms with E-state index in [-0.39, 0.29) is 100 Å². The number of hydrogen-bond donors (Lipinski definition) is 7. The number of piperazine rings is 2. The van der Waals surface area contributed by atoms with Gasteiger partial charge in [0.25, 0.3) is 0 Å². The molecule has 4 aromatic carbocycles. The number of aliphatic carboxylic acids is 1. The molecule has 6 aromatic rings. The Morgan fingerprint density at radius 1 is 0.496 bits per heavy atom. The van der Waals surface area contributed by atoms with Gasteiger partial charge in [-0.25, -0.2) is 24.4 Å². The highest BCUT2D eigenvalue weighted by atomic mass is 32.1. The van der Waals surface area contributed by atoms with Crippen LogP contribution in [-0.4, -0.2) is 243 Å². The molecule has 0 bridgehead atoms. The summed E-state index contributed by atoms with van der Waals surface area (Å²) in [6.07, 6.45) is 0.716. The predicted molar refractivity (Wildman–Crippen MR) is 447 cm³/mol. The van der Waals surface area contributed by atoms with E-state index >= 15 is 0 Å². The molecule has 12 rings (SSSR count). The zero-order valence-corrected chi connectivity index (χ0v) is 71.5. The Balaban J connectivity index is 0.000000205. The predicted octanol–water partition coefficient (Wildman–Crippen LogP) is 9.74. The number of β-amino-alcohol motifs (C(OH)–C–C–N with tert-alkyl or cyclic N) is 2.